The van der Waals surface area contributed by atoms with Crippen LogP contribution >= 0.6 is 0 Å². The molecule has 1 aromatic carbocycles. The minimum absolute atomic E-state index is 0.0267. The number of carbonyl (C=O) groups is 2. The molecule has 0 N–H and O–H groups in total. The van der Waals surface area contributed by atoms with Crippen LogP contribution in [0.5, 0.6) is 11.5 Å². The van der Waals surface area contributed by atoms with Crippen molar-refractivity contribution in [2.24, 2.45) is 16.3 Å². The minimum atomic E-state index is -0.688. The van der Waals surface area contributed by atoms with E-state index in [-0.39, 0.29) is 17.8 Å². The Balaban J connectivity index is 2.17. The van der Waals surface area contributed by atoms with Crippen LogP contribution in [0.15, 0.2) is 47.1 Å². The predicted octanol–water partition coefficient (Wildman–Crippen LogP) is 4.25. The molecule has 2 atom stereocenters. The molecule has 0 aromatic heterocycles. The summed E-state index contributed by atoms with van der Waals surface area (Å²) < 4.78 is 16.2. The molecule has 0 bridgehead atoms. The number of carbonyl (C=O) groups excluding carboxylic acids is 2. The summed E-state index contributed by atoms with van der Waals surface area (Å²) in [5.41, 5.74) is 2.64. The molecular formula is C24H29NO5. The average molecular weight is 411 g/mol. The van der Waals surface area contributed by atoms with E-state index in [9.17, 15) is 9.59 Å². The third-order valence-corrected chi connectivity index (χ3v) is 5.67. The van der Waals surface area contributed by atoms with Crippen molar-refractivity contribution in [3.63, 3.8) is 0 Å². The summed E-state index contributed by atoms with van der Waals surface area (Å²) in [7, 11) is 3.13. The fourth-order valence-electron chi connectivity index (χ4n) is 4.39. The number of ketones is 1. The lowest BCUT2D eigenvalue weighted by atomic mass is 9.67. The highest BCUT2D eigenvalue weighted by molar-refractivity contribution is 6.09. The molecule has 0 radical (unpaired) electrons. The Kier molecular flexibility index (Phi) is 6.15. The molecular weight excluding hydrogens is 382 g/mol. The zero-order chi connectivity index (χ0) is 22.1. The summed E-state index contributed by atoms with van der Waals surface area (Å²) in [5.74, 6) is -0.443. The minimum Gasteiger partial charge on any atom is -0.493 e. The van der Waals surface area contributed by atoms with E-state index in [1.165, 1.54) is 6.08 Å². The number of Topliss-reactive ketones (excluding diaryl/α,β-unsaturated/α-hetero) is 1. The van der Waals surface area contributed by atoms with Crippen LogP contribution in [0.2, 0.25) is 0 Å². The van der Waals surface area contributed by atoms with Crippen LogP contribution in [0.4, 0.5) is 0 Å². The van der Waals surface area contributed by atoms with E-state index in [2.05, 4.69) is 20.4 Å². The second kappa shape index (κ2) is 8.46. The lowest BCUT2D eigenvalue weighted by Crippen LogP contribution is -2.39. The largest absolute Gasteiger partial charge is 0.493 e. The molecule has 1 aliphatic carbocycles. The van der Waals surface area contributed by atoms with Crippen LogP contribution in [-0.2, 0) is 14.3 Å². The van der Waals surface area contributed by atoms with Crippen LogP contribution in [-0.4, -0.2) is 38.3 Å². The fourth-order valence-corrected chi connectivity index (χ4v) is 4.39. The highest BCUT2D eigenvalue weighted by Crippen LogP contribution is 2.48. The van der Waals surface area contributed by atoms with Crippen molar-refractivity contribution < 1.29 is 23.8 Å². The number of nitrogens with zero attached hydrogens (tertiary/aromatic N) is 1. The lowest BCUT2D eigenvalue weighted by Gasteiger charge is -2.39. The fraction of sp³-hybridized carbons (Fsp3) is 0.458. The van der Waals surface area contributed by atoms with Gasteiger partial charge in [0.05, 0.1) is 14.2 Å². The van der Waals surface area contributed by atoms with Crippen LogP contribution < -0.4 is 9.47 Å². The molecule has 160 valence electrons. The summed E-state index contributed by atoms with van der Waals surface area (Å²) in [6.45, 7) is 9.67. The molecule has 0 saturated heterocycles. The number of benzene rings is 1. The monoisotopic (exact) mass is 411 g/mol. The molecule has 3 rings (SSSR count). The predicted molar refractivity (Wildman–Crippen MR) is 115 cm³/mol. The number of rotatable bonds is 6. The highest BCUT2D eigenvalue weighted by Gasteiger charge is 2.46. The van der Waals surface area contributed by atoms with Gasteiger partial charge in [-0.3, -0.25) is 14.6 Å². The van der Waals surface area contributed by atoms with Crippen LogP contribution in [0.25, 0.3) is 0 Å². The van der Waals surface area contributed by atoms with Gasteiger partial charge in [0, 0.05) is 29.3 Å². The third-order valence-electron chi connectivity index (χ3n) is 5.67. The van der Waals surface area contributed by atoms with Gasteiger partial charge in [0.2, 0.25) is 0 Å². The second-order valence-electron chi connectivity index (χ2n) is 8.54. The lowest BCUT2D eigenvalue weighted by molar-refractivity contribution is -0.145. The molecule has 2 aliphatic rings. The molecule has 0 spiro atoms. The van der Waals surface area contributed by atoms with Crippen molar-refractivity contribution in [3.8, 4) is 11.5 Å². The van der Waals surface area contributed by atoms with Gasteiger partial charge in [-0.15, -0.1) is 0 Å². The summed E-state index contributed by atoms with van der Waals surface area (Å²) in [6, 6.07) is 5.49. The van der Waals surface area contributed by atoms with Gasteiger partial charge in [-0.25, -0.2) is 0 Å². The quantitative estimate of drug-likeness (QED) is 0.517. The van der Waals surface area contributed by atoms with Crippen molar-refractivity contribution >= 4 is 17.5 Å². The van der Waals surface area contributed by atoms with E-state index in [4.69, 9.17) is 19.2 Å². The molecule has 30 heavy (non-hydrogen) atoms. The number of hydrogen-bond donors (Lipinski definition) is 0. The van der Waals surface area contributed by atoms with E-state index in [0.717, 1.165) is 11.3 Å². The van der Waals surface area contributed by atoms with Gasteiger partial charge in [-0.1, -0.05) is 32.6 Å². The maximum Gasteiger partial charge on any atom is 0.315 e. The zero-order valence-electron chi connectivity index (χ0n) is 18.3. The van der Waals surface area contributed by atoms with E-state index >= 15 is 0 Å². The first-order valence-electron chi connectivity index (χ1n) is 10.0. The maximum atomic E-state index is 13.2. The molecule has 1 heterocycles. The van der Waals surface area contributed by atoms with Crippen molar-refractivity contribution in [2.75, 3.05) is 20.8 Å². The number of ether oxygens (including phenoxy) is 3. The topological polar surface area (TPSA) is 74.2 Å². The van der Waals surface area contributed by atoms with Crippen LogP contribution in [0.3, 0.4) is 0 Å². The van der Waals surface area contributed by atoms with E-state index < -0.39 is 17.8 Å². The smallest absolute Gasteiger partial charge is 0.315 e. The number of aliphatic imine (C=N–C) groups is 1. The standard InChI is InChI=1S/C24H29NO5/c1-7-10-30-23(27)20-14(2)25-16-12-24(3,4)13-17(26)22(16)21(20)15-8-9-18(28-5)19(11-15)29-6/h7-9,11,20-21H,1,10,12-13H2,2-6H3/t20?,21-/m0/s1. The second-order valence-corrected chi connectivity index (χ2v) is 8.54. The van der Waals surface area contributed by atoms with Crippen molar-refractivity contribution in [1.29, 1.82) is 0 Å². The van der Waals surface area contributed by atoms with Crippen molar-refractivity contribution in [1.82, 2.24) is 0 Å². The highest BCUT2D eigenvalue weighted by atomic mass is 16.5. The van der Waals surface area contributed by atoms with E-state index in [0.29, 0.717) is 35.6 Å². The Bertz CT molecular complexity index is 941. The normalized spacial score (nSPS) is 22.7. The molecule has 0 amide bonds. The summed E-state index contributed by atoms with van der Waals surface area (Å²) in [4.78, 5) is 30.9. The Morgan fingerprint density at radius 1 is 1.23 bits per heavy atom. The summed E-state index contributed by atoms with van der Waals surface area (Å²) in [5, 5.41) is 0. The number of hydrogen-bond acceptors (Lipinski definition) is 6. The molecule has 6 heteroatoms. The molecule has 1 unspecified atom stereocenters. The van der Waals surface area contributed by atoms with Crippen molar-refractivity contribution in [2.45, 2.75) is 39.5 Å². The van der Waals surface area contributed by atoms with Gasteiger partial charge in [-0.2, -0.15) is 0 Å². The Morgan fingerprint density at radius 3 is 2.57 bits per heavy atom. The summed E-state index contributed by atoms with van der Waals surface area (Å²) >= 11 is 0. The van der Waals surface area contributed by atoms with Crippen molar-refractivity contribution in [3.05, 3.63) is 47.7 Å². The van der Waals surface area contributed by atoms with Gasteiger partial charge in [0.15, 0.2) is 17.3 Å². The first kappa shape index (κ1) is 21.8. The maximum absolute atomic E-state index is 13.2. The van der Waals surface area contributed by atoms with E-state index in [1.807, 2.05) is 19.1 Å². The van der Waals surface area contributed by atoms with Gasteiger partial charge in [0.1, 0.15) is 12.5 Å². The Morgan fingerprint density at radius 2 is 1.93 bits per heavy atom. The molecule has 1 aliphatic heterocycles. The molecule has 0 saturated carbocycles. The number of methoxy groups -OCH3 is 2. The van der Waals surface area contributed by atoms with Gasteiger partial charge < -0.3 is 14.2 Å². The van der Waals surface area contributed by atoms with Gasteiger partial charge in [-0.05, 0) is 36.5 Å². The summed E-state index contributed by atoms with van der Waals surface area (Å²) in [6.07, 6.45) is 2.62. The number of allylic oxidation sites excluding steroid dienone is 2. The van der Waals surface area contributed by atoms with Gasteiger partial charge in [0.25, 0.3) is 0 Å². The van der Waals surface area contributed by atoms with E-state index in [1.54, 1.807) is 20.3 Å². The van der Waals surface area contributed by atoms with Crippen LogP contribution in [0, 0.1) is 11.3 Å². The third kappa shape index (κ3) is 4.04. The van der Waals surface area contributed by atoms with Gasteiger partial charge >= 0.3 is 5.97 Å². The average Bonchev–Trinajstić information content (AvgIpc) is 2.69. The SMILES string of the molecule is C=CCOC(=O)C1C(C)=NC2=C(C(=O)CC(C)(C)C2)[C@H]1c1ccc(OC)c(OC)c1. The first-order chi connectivity index (χ1) is 14.2. The molecule has 1 aromatic rings. The molecule has 0 fully saturated rings. The Labute approximate surface area is 177 Å². The number of esters is 1. The first-order valence-corrected chi connectivity index (χ1v) is 10.0. The van der Waals surface area contributed by atoms with Crippen LogP contribution in [0.1, 0.15) is 45.1 Å². The zero-order valence-corrected chi connectivity index (χ0v) is 18.3. The molecule has 6 nitrogen and oxygen atoms in total. The Hall–Kier alpha value is -2.89.